The summed E-state index contributed by atoms with van der Waals surface area (Å²) >= 11 is 0. The van der Waals surface area contributed by atoms with E-state index in [-0.39, 0.29) is 24.8 Å². The number of benzene rings is 1. The first-order valence-corrected chi connectivity index (χ1v) is 5.32. The molecule has 0 unspecified atom stereocenters. The maximum Gasteiger partial charge on any atom is 0.311 e. The van der Waals surface area contributed by atoms with Crippen LogP contribution < -0.4 is 4.74 Å². The predicted octanol–water partition coefficient (Wildman–Crippen LogP) is 1.92. The van der Waals surface area contributed by atoms with E-state index >= 15 is 0 Å². The lowest BCUT2D eigenvalue weighted by Crippen LogP contribution is -2.11. The summed E-state index contributed by atoms with van der Waals surface area (Å²) in [7, 11) is 1.32. The van der Waals surface area contributed by atoms with Crippen LogP contribution in [-0.2, 0) is 20.7 Å². The topological polar surface area (TPSA) is 52.6 Å². The van der Waals surface area contributed by atoms with E-state index in [0.717, 1.165) is 0 Å². The highest BCUT2D eigenvalue weighted by Gasteiger charge is 2.11. The Kier molecular flexibility index (Phi) is 5.20. The molecular weight excluding hydrogens is 220 g/mol. The molecule has 4 heteroatoms. The Morgan fingerprint density at radius 1 is 1.24 bits per heavy atom. The summed E-state index contributed by atoms with van der Waals surface area (Å²) in [6.45, 7) is 3.58. The van der Waals surface area contributed by atoms with Crippen LogP contribution in [0, 0.1) is 6.92 Å². The molecule has 4 nitrogen and oxygen atoms in total. The lowest BCUT2D eigenvalue weighted by atomic mass is 10.1. The highest BCUT2D eigenvalue weighted by molar-refractivity contribution is 5.76. The van der Waals surface area contributed by atoms with Crippen molar-refractivity contribution in [3.05, 3.63) is 36.8 Å². The van der Waals surface area contributed by atoms with Crippen LogP contribution >= 0.6 is 0 Å². The highest BCUT2D eigenvalue weighted by Crippen LogP contribution is 2.19. The van der Waals surface area contributed by atoms with Crippen molar-refractivity contribution >= 4 is 11.9 Å². The van der Waals surface area contributed by atoms with E-state index in [2.05, 4.69) is 11.7 Å². The fourth-order valence-electron chi connectivity index (χ4n) is 1.30. The molecule has 1 radical (unpaired) electrons. The largest absolute Gasteiger partial charge is 0.469 e. The van der Waals surface area contributed by atoms with Crippen LogP contribution in [0.1, 0.15) is 18.4 Å². The van der Waals surface area contributed by atoms with E-state index in [9.17, 15) is 9.59 Å². The van der Waals surface area contributed by atoms with Gasteiger partial charge in [0.15, 0.2) is 0 Å². The van der Waals surface area contributed by atoms with Gasteiger partial charge in [-0.3, -0.25) is 9.59 Å². The second kappa shape index (κ2) is 6.68. The molecular formula is C13H15O4. The molecule has 0 N–H and O–H groups in total. The Morgan fingerprint density at radius 2 is 1.94 bits per heavy atom. The molecule has 0 aliphatic carbocycles. The molecule has 0 aliphatic rings. The zero-order valence-corrected chi connectivity index (χ0v) is 9.77. The quantitative estimate of drug-likeness (QED) is 0.578. The molecule has 0 atom stereocenters. The predicted molar refractivity (Wildman–Crippen MR) is 62.4 cm³/mol. The Hall–Kier alpha value is -1.84. The fourth-order valence-corrected chi connectivity index (χ4v) is 1.30. The van der Waals surface area contributed by atoms with E-state index in [1.807, 2.05) is 0 Å². The van der Waals surface area contributed by atoms with Crippen molar-refractivity contribution in [2.45, 2.75) is 19.3 Å². The average molecular weight is 235 g/mol. The number of hydrogen-bond acceptors (Lipinski definition) is 4. The van der Waals surface area contributed by atoms with Gasteiger partial charge in [-0.05, 0) is 12.5 Å². The van der Waals surface area contributed by atoms with Gasteiger partial charge in [0, 0.05) is 12.0 Å². The zero-order chi connectivity index (χ0) is 12.7. The van der Waals surface area contributed by atoms with E-state index in [0.29, 0.717) is 17.7 Å². The summed E-state index contributed by atoms with van der Waals surface area (Å²) < 4.78 is 9.72. The van der Waals surface area contributed by atoms with Crippen LogP contribution in [0.3, 0.4) is 0 Å². The second-order valence-corrected chi connectivity index (χ2v) is 3.44. The number of ether oxygens (including phenoxy) is 2. The molecule has 91 valence electrons. The van der Waals surface area contributed by atoms with Gasteiger partial charge in [0.2, 0.25) is 0 Å². The smallest absolute Gasteiger partial charge is 0.311 e. The minimum Gasteiger partial charge on any atom is -0.469 e. The van der Waals surface area contributed by atoms with Gasteiger partial charge in [-0.15, -0.1) is 0 Å². The van der Waals surface area contributed by atoms with Crippen molar-refractivity contribution in [1.29, 1.82) is 0 Å². The van der Waals surface area contributed by atoms with E-state index in [1.165, 1.54) is 7.11 Å². The van der Waals surface area contributed by atoms with Gasteiger partial charge in [-0.1, -0.05) is 25.1 Å². The van der Waals surface area contributed by atoms with E-state index in [1.54, 1.807) is 24.3 Å². The van der Waals surface area contributed by atoms with Gasteiger partial charge >= 0.3 is 11.9 Å². The Morgan fingerprint density at radius 3 is 2.59 bits per heavy atom. The Bertz CT molecular complexity index is 398. The third-order valence-electron chi connectivity index (χ3n) is 2.14. The van der Waals surface area contributed by atoms with Crippen molar-refractivity contribution in [3.8, 4) is 5.75 Å². The molecule has 1 aromatic carbocycles. The molecule has 0 saturated heterocycles. The number of carbonyl (C=O) groups is 2. The van der Waals surface area contributed by atoms with Crippen molar-refractivity contribution in [2.75, 3.05) is 7.11 Å². The lowest BCUT2D eigenvalue weighted by Gasteiger charge is -2.08. The molecule has 0 saturated carbocycles. The number of carbonyl (C=O) groups excluding carboxylic acids is 2. The molecule has 1 rings (SSSR count). The molecule has 0 spiro atoms. The summed E-state index contributed by atoms with van der Waals surface area (Å²) in [5.74, 6) is -0.320. The summed E-state index contributed by atoms with van der Waals surface area (Å²) in [4.78, 5) is 22.5. The molecule has 0 aliphatic heterocycles. The second-order valence-electron chi connectivity index (χ2n) is 3.44. The number of methoxy groups -OCH3 is 1. The van der Waals surface area contributed by atoms with E-state index < -0.39 is 0 Å². The van der Waals surface area contributed by atoms with Crippen molar-refractivity contribution in [3.63, 3.8) is 0 Å². The molecule has 0 fully saturated rings. The van der Waals surface area contributed by atoms with Crippen molar-refractivity contribution in [2.24, 2.45) is 0 Å². The standard InChI is InChI=1S/C13H15O4/c1-3-6-12(14)17-11-8-5-4-7-10(11)9-13(15)16-2/h4-5,7-8H,1,3,6,9H2,2H3. The van der Waals surface area contributed by atoms with Gasteiger partial charge in [0.05, 0.1) is 13.5 Å². The molecule has 1 aromatic rings. The Balaban J connectivity index is 2.77. The molecule has 0 amide bonds. The minimum atomic E-state index is -0.370. The van der Waals surface area contributed by atoms with Gasteiger partial charge < -0.3 is 9.47 Å². The minimum absolute atomic E-state index is 0.0876. The first-order chi connectivity index (χ1) is 8.17. The van der Waals surface area contributed by atoms with E-state index in [4.69, 9.17) is 4.74 Å². The van der Waals surface area contributed by atoms with Gasteiger partial charge in [0.25, 0.3) is 0 Å². The molecule has 0 bridgehead atoms. The van der Waals surface area contributed by atoms with Crippen LogP contribution in [0.15, 0.2) is 24.3 Å². The molecule has 0 aromatic heterocycles. The van der Waals surface area contributed by atoms with Crippen LogP contribution in [-0.4, -0.2) is 19.0 Å². The maximum absolute atomic E-state index is 11.3. The van der Waals surface area contributed by atoms with Gasteiger partial charge in [-0.2, -0.15) is 0 Å². The van der Waals surface area contributed by atoms with Gasteiger partial charge in [0.1, 0.15) is 5.75 Å². The molecule has 0 heterocycles. The normalized spacial score (nSPS) is 9.76. The average Bonchev–Trinajstić information content (AvgIpc) is 2.31. The summed E-state index contributed by atoms with van der Waals surface area (Å²) in [6.07, 6.45) is 0.828. The third kappa shape index (κ3) is 4.26. The summed E-state index contributed by atoms with van der Waals surface area (Å²) in [5.41, 5.74) is 0.636. The third-order valence-corrected chi connectivity index (χ3v) is 2.14. The van der Waals surface area contributed by atoms with Crippen LogP contribution in [0.4, 0.5) is 0 Å². The van der Waals surface area contributed by atoms with Crippen LogP contribution in [0.25, 0.3) is 0 Å². The molecule has 17 heavy (non-hydrogen) atoms. The van der Waals surface area contributed by atoms with Crippen molar-refractivity contribution < 1.29 is 19.1 Å². The highest BCUT2D eigenvalue weighted by atomic mass is 16.5. The summed E-state index contributed by atoms with van der Waals surface area (Å²) in [5, 5.41) is 0. The summed E-state index contributed by atoms with van der Waals surface area (Å²) in [6, 6.07) is 6.90. The first kappa shape index (κ1) is 13.2. The SMILES string of the molecule is [CH2]CCC(=O)Oc1ccccc1CC(=O)OC. The number of rotatable bonds is 5. The monoisotopic (exact) mass is 235 g/mol. The van der Waals surface area contributed by atoms with Crippen LogP contribution in [0.2, 0.25) is 0 Å². The zero-order valence-electron chi connectivity index (χ0n) is 9.77. The number of para-hydroxylation sites is 1. The Labute approximate surface area is 101 Å². The maximum atomic E-state index is 11.3. The van der Waals surface area contributed by atoms with Gasteiger partial charge in [-0.25, -0.2) is 0 Å². The number of esters is 2. The lowest BCUT2D eigenvalue weighted by molar-refractivity contribution is -0.140. The van der Waals surface area contributed by atoms with Crippen molar-refractivity contribution in [1.82, 2.24) is 0 Å². The van der Waals surface area contributed by atoms with Crippen LogP contribution in [0.5, 0.6) is 5.75 Å². The fraction of sp³-hybridized carbons (Fsp3) is 0.308. The first-order valence-electron chi connectivity index (χ1n) is 5.32. The number of hydrogen-bond donors (Lipinski definition) is 0.